The summed E-state index contributed by atoms with van der Waals surface area (Å²) in [4.78, 5) is 2.71. The molecule has 0 radical (unpaired) electrons. The molecule has 1 unspecified atom stereocenters. The molecule has 0 aliphatic carbocycles. The number of nitrogens with zero attached hydrogens (tertiary/aromatic N) is 1. The van der Waals surface area contributed by atoms with E-state index in [1.165, 1.54) is 12.8 Å². The Balaban J connectivity index is 1.94. The topological polar surface area (TPSA) is 75.4 Å². The maximum Gasteiger partial charge on any atom is 0.240 e. The number of hydrogen-bond acceptors (Lipinski definition) is 4. The van der Waals surface area contributed by atoms with Gasteiger partial charge in [-0.25, -0.2) is 13.1 Å². The maximum atomic E-state index is 12.3. The van der Waals surface area contributed by atoms with Crippen LogP contribution in [0.15, 0.2) is 23.1 Å². The standard InChI is InChI=1S/C15H25N3O2S/c1-12(11-18-7-3-4-8-18)10-17-21(19,20)15-6-5-14(16)9-13(15)2/h5-6,9,12,17H,3-4,7-8,10-11,16H2,1-2H3. The number of benzene rings is 1. The van der Waals surface area contributed by atoms with E-state index in [1.54, 1.807) is 25.1 Å². The first kappa shape index (κ1) is 16.3. The Morgan fingerprint density at radius 3 is 2.62 bits per heavy atom. The fourth-order valence-corrected chi connectivity index (χ4v) is 4.16. The Morgan fingerprint density at radius 1 is 1.33 bits per heavy atom. The van der Waals surface area contributed by atoms with Gasteiger partial charge in [-0.3, -0.25) is 0 Å². The smallest absolute Gasteiger partial charge is 0.240 e. The molecule has 6 heteroatoms. The van der Waals surface area contributed by atoms with Gasteiger partial charge in [0, 0.05) is 18.8 Å². The SMILES string of the molecule is Cc1cc(N)ccc1S(=O)(=O)NCC(C)CN1CCCC1. The summed E-state index contributed by atoms with van der Waals surface area (Å²) < 4.78 is 27.4. The molecule has 0 saturated carbocycles. The molecule has 118 valence electrons. The molecule has 1 fully saturated rings. The van der Waals surface area contributed by atoms with Crippen molar-refractivity contribution in [3.8, 4) is 0 Å². The van der Waals surface area contributed by atoms with Crippen molar-refractivity contribution in [3.63, 3.8) is 0 Å². The van der Waals surface area contributed by atoms with Crippen LogP contribution in [0.4, 0.5) is 5.69 Å². The number of sulfonamides is 1. The van der Waals surface area contributed by atoms with Crippen molar-refractivity contribution in [2.24, 2.45) is 5.92 Å². The van der Waals surface area contributed by atoms with E-state index in [-0.39, 0.29) is 0 Å². The molecule has 0 bridgehead atoms. The zero-order valence-electron chi connectivity index (χ0n) is 12.8. The largest absolute Gasteiger partial charge is 0.399 e. The summed E-state index contributed by atoms with van der Waals surface area (Å²) in [6.45, 7) is 7.52. The van der Waals surface area contributed by atoms with Gasteiger partial charge in [-0.2, -0.15) is 0 Å². The Labute approximate surface area is 127 Å². The van der Waals surface area contributed by atoms with Crippen LogP contribution in [0.2, 0.25) is 0 Å². The molecule has 21 heavy (non-hydrogen) atoms. The predicted molar refractivity (Wildman–Crippen MR) is 85.6 cm³/mol. The maximum absolute atomic E-state index is 12.3. The zero-order chi connectivity index (χ0) is 15.5. The highest BCUT2D eigenvalue weighted by Gasteiger charge is 2.19. The Hall–Kier alpha value is -1.11. The highest BCUT2D eigenvalue weighted by Crippen LogP contribution is 2.18. The molecular formula is C15H25N3O2S. The van der Waals surface area contributed by atoms with Gasteiger partial charge < -0.3 is 10.6 Å². The number of anilines is 1. The highest BCUT2D eigenvalue weighted by atomic mass is 32.2. The van der Waals surface area contributed by atoms with E-state index in [1.807, 2.05) is 0 Å². The van der Waals surface area contributed by atoms with Gasteiger partial charge in [-0.05, 0) is 62.5 Å². The molecule has 1 aliphatic heterocycles. The van der Waals surface area contributed by atoms with E-state index < -0.39 is 10.0 Å². The van der Waals surface area contributed by atoms with Gasteiger partial charge in [-0.1, -0.05) is 6.92 Å². The van der Waals surface area contributed by atoms with Gasteiger partial charge in [0.05, 0.1) is 4.90 Å². The fraction of sp³-hybridized carbons (Fsp3) is 0.600. The summed E-state index contributed by atoms with van der Waals surface area (Å²) >= 11 is 0. The van der Waals surface area contributed by atoms with E-state index in [4.69, 9.17) is 5.73 Å². The summed E-state index contributed by atoms with van der Waals surface area (Å²) in [7, 11) is -3.46. The third-order valence-corrected chi connectivity index (χ3v) is 5.46. The number of hydrogen-bond donors (Lipinski definition) is 2. The minimum Gasteiger partial charge on any atom is -0.399 e. The monoisotopic (exact) mass is 311 g/mol. The molecular weight excluding hydrogens is 286 g/mol. The molecule has 1 saturated heterocycles. The van der Waals surface area contributed by atoms with E-state index in [0.717, 1.165) is 19.6 Å². The lowest BCUT2D eigenvalue weighted by molar-refractivity contribution is 0.288. The minimum atomic E-state index is -3.46. The summed E-state index contributed by atoms with van der Waals surface area (Å²) in [5, 5.41) is 0. The predicted octanol–water partition coefficient (Wildman–Crippen LogP) is 1.59. The molecule has 1 atom stereocenters. The summed E-state index contributed by atoms with van der Waals surface area (Å²) in [6, 6.07) is 4.87. The van der Waals surface area contributed by atoms with Crippen LogP contribution >= 0.6 is 0 Å². The average molecular weight is 311 g/mol. The number of nitrogens with two attached hydrogens (primary N) is 1. The molecule has 3 N–H and O–H groups in total. The summed E-state index contributed by atoms with van der Waals surface area (Å²) in [5.41, 5.74) is 6.92. The second kappa shape index (κ2) is 6.77. The molecule has 1 aromatic carbocycles. The molecule has 1 heterocycles. The Morgan fingerprint density at radius 2 is 2.00 bits per heavy atom. The van der Waals surface area contributed by atoms with Crippen molar-refractivity contribution in [3.05, 3.63) is 23.8 Å². The zero-order valence-corrected chi connectivity index (χ0v) is 13.6. The Bertz CT molecular complexity index is 581. The van der Waals surface area contributed by atoms with Crippen LogP contribution in [0.1, 0.15) is 25.3 Å². The number of nitrogens with one attached hydrogen (secondary N) is 1. The van der Waals surface area contributed by atoms with E-state index in [2.05, 4.69) is 16.5 Å². The number of rotatable bonds is 6. The van der Waals surface area contributed by atoms with E-state index >= 15 is 0 Å². The lowest BCUT2D eigenvalue weighted by Crippen LogP contribution is -2.34. The highest BCUT2D eigenvalue weighted by molar-refractivity contribution is 7.89. The molecule has 5 nitrogen and oxygen atoms in total. The van der Waals surface area contributed by atoms with Crippen molar-refractivity contribution in [2.75, 3.05) is 31.9 Å². The first-order valence-corrected chi connectivity index (χ1v) is 8.95. The first-order chi connectivity index (χ1) is 9.88. The van der Waals surface area contributed by atoms with Gasteiger partial charge in [0.1, 0.15) is 0 Å². The van der Waals surface area contributed by atoms with Crippen molar-refractivity contribution < 1.29 is 8.42 Å². The van der Waals surface area contributed by atoms with Crippen LogP contribution in [-0.2, 0) is 10.0 Å². The molecule has 2 rings (SSSR count). The van der Waals surface area contributed by atoms with Crippen LogP contribution < -0.4 is 10.5 Å². The average Bonchev–Trinajstić information content (AvgIpc) is 2.89. The molecule has 0 spiro atoms. The van der Waals surface area contributed by atoms with Gasteiger partial charge in [0.2, 0.25) is 10.0 Å². The quantitative estimate of drug-likeness (QED) is 0.782. The van der Waals surface area contributed by atoms with Gasteiger partial charge in [0.15, 0.2) is 0 Å². The van der Waals surface area contributed by atoms with Crippen LogP contribution in [0.3, 0.4) is 0 Å². The van der Waals surface area contributed by atoms with Crippen molar-refractivity contribution in [1.29, 1.82) is 0 Å². The van der Waals surface area contributed by atoms with Crippen LogP contribution in [0.25, 0.3) is 0 Å². The summed E-state index contributed by atoms with van der Waals surface area (Å²) in [6.07, 6.45) is 2.51. The van der Waals surface area contributed by atoms with Crippen LogP contribution in [0.5, 0.6) is 0 Å². The van der Waals surface area contributed by atoms with E-state index in [0.29, 0.717) is 28.6 Å². The normalized spacial score (nSPS) is 18.0. The first-order valence-electron chi connectivity index (χ1n) is 7.46. The lowest BCUT2D eigenvalue weighted by atomic mass is 10.2. The van der Waals surface area contributed by atoms with E-state index in [9.17, 15) is 8.42 Å². The summed E-state index contributed by atoms with van der Waals surface area (Å²) in [5.74, 6) is 0.298. The number of likely N-dealkylation sites (tertiary alicyclic amines) is 1. The number of aryl methyl sites for hydroxylation is 1. The molecule has 0 aromatic heterocycles. The van der Waals surface area contributed by atoms with Gasteiger partial charge in [0.25, 0.3) is 0 Å². The van der Waals surface area contributed by atoms with Crippen LogP contribution in [0, 0.1) is 12.8 Å². The van der Waals surface area contributed by atoms with Crippen molar-refractivity contribution in [2.45, 2.75) is 31.6 Å². The molecule has 0 amide bonds. The second-order valence-electron chi connectivity index (χ2n) is 5.99. The van der Waals surface area contributed by atoms with Crippen LogP contribution in [-0.4, -0.2) is 39.5 Å². The molecule has 1 aromatic rings. The van der Waals surface area contributed by atoms with Gasteiger partial charge >= 0.3 is 0 Å². The third kappa shape index (κ3) is 4.43. The second-order valence-corrected chi connectivity index (χ2v) is 7.73. The fourth-order valence-electron chi connectivity index (χ4n) is 2.77. The molecule has 1 aliphatic rings. The van der Waals surface area contributed by atoms with Crippen molar-refractivity contribution in [1.82, 2.24) is 9.62 Å². The third-order valence-electron chi connectivity index (χ3n) is 3.88. The lowest BCUT2D eigenvalue weighted by Gasteiger charge is -2.20. The minimum absolute atomic E-state index is 0.298. The van der Waals surface area contributed by atoms with Gasteiger partial charge in [-0.15, -0.1) is 0 Å². The Kier molecular flexibility index (Phi) is 5.24. The number of nitrogen functional groups attached to an aromatic ring is 1. The van der Waals surface area contributed by atoms with Crippen molar-refractivity contribution >= 4 is 15.7 Å².